The number of hydrogen-bond acceptors (Lipinski definition) is 6. The van der Waals surface area contributed by atoms with E-state index in [2.05, 4.69) is 0 Å². The predicted octanol–water partition coefficient (Wildman–Crippen LogP) is 4.91. The maximum atomic E-state index is 13.7. The van der Waals surface area contributed by atoms with Gasteiger partial charge in [-0.15, -0.1) is 0 Å². The SMILES string of the molecule is COc1ccc(CN(c2ccc(OC)c(OC)c2)S(=O)(=O)c2ccc(F)c(Cl)c2)cc1OC. The van der Waals surface area contributed by atoms with E-state index >= 15 is 0 Å². The quantitative estimate of drug-likeness (QED) is 0.420. The number of nitrogens with zero attached hydrogens (tertiary/aromatic N) is 1. The lowest BCUT2D eigenvalue weighted by Crippen LogP contribution is -2.30. The zero-order valence-corrected chi connectivity index (χ0v) is 20.0. The number of hydrogen-bond donors (Lipinski definition) is 0. The fourth-order valence-corrected chi connectivity index (χ4v) is 4.92. The van der Waals surface area contributed by atoms with E-state index in [4.69, 9.17) is 30.5 Å². The molecule has 10 heteroatoms. The summed E-state index contributed by atoms with van der Waals surface area (Å²) in [5.41, 5.74) is 0.933. The van der Waals surface area contributed by atoms with Crippen molar-refractivity contribution >= 4 is 27.3 Å². The number of halogens is 2. The lowest BCUT2D eigenvalue weighted by atomic mass is 10.2. The van der Waals surface area contributed by atoms with E-state index in [1.807, 2.05) is 0 Å². The number of anilines is 1. The van der Waals surface area contributed by atoms with Gasteiger partial charge >= 0.3 is 0 Å². The number of methoxy groups -OCH3 is 4. The van der Waals surface area contributed by atoms with Gasteiger partial charge in [0.1, 0.15) is 5.82 Å². The third-order valence-corrected chi connectivity index (χ3v) is 6.97. The molecule has 0 radical (unpaired) electrons. The normalized spacial score (nSPS) is 11.1. The van der Waals surface area contributed by atoms with E-state index < -0.39 is 15.8 Å². The minimum Gasteiger partial charge on any atom is -0.493 e. The number of rotatable bonds is 9. The Hall–Kier alpha value is -3.17. The summed E-state index contributed by atoms with van der Waals surface area (Å²) in [6.45, 7) is -0.0623. The molecular weight excluding hydrogens is 473 g/mol. The zero-order valence-electron chi connectivity index (χ0n) is 18.5. The molecule has 3 aromatic rings. The lowest BCUT2D eigenvalue weighted by Gasteiger charge is -2.26. The highest BCUT2D eigenvalue weighted by atomic mass is 35.5. The molecule has 3 aromatic carbocycles. The van der Waals surface area contributed by atoms with E-state index in [1.54, 1.807) is 36.4 Å². The maximum absolute atomic E-state index is 13.7. The van der Waals surface area contributed by atoms with Crippen LogP contribution in [0, 0.1) is 5.82 Å². The van der Waals surface area contributed by atoms with Gasteiger partial charge in [0.15, 0.2) is 23.0 Å². The van der Waals surface area contributed by atoms with Crippen molar-refractivity contribution in [3.8, 4) is 23.0 Å². The molecule has 0 aliphatic carbocycles. The predicted molar refractivity (Wildman–Crippen MR) is 124 cm³/mol. The van der Waals surface area contributed by atoms with Crippen LogP contribution >= 0.6 is 11.6 Å². The highest BCUT2D eigenvalue weighted by Gasteiger charge is 2.27. The van der Waals surface area contributed by atoms with Gasteiger partial charge in [-0.2, -0.15) is 0 Å². The first-order chi connectivity index (χ1) is 15.7. The van der Waals surface area contributed by atoms with Crippen molar-refractivity contribution in [2.75, 3.05) is 32.7 Å². The molecule has 0 saturated heterocycles. The Bertz CT molecular complexity index is 1250. The van der Waals surface area contributed by atoms with Gasteiger partial charge in [0.25, 0.3) is 10.0 Å². The van der Waals surface area contributed by atoms with Crippen LogP contribution in [0.25, 0.3) is 0 Å². The van der Waals surface area contributed by atoms with Gasteiger partial charge in [0.2, 0.25) is 0 Å². The summed E-state index contributed by atoms with van der Waals surface area (Å²) in [5, 5.41) is -0.297. The Morgan fingerprint density at radius 3 is 1.94 bits per heavy atom. The molecule has 0 fully saturated rings. The minimum absolute atomic E-state index is 0.0623. The Kier molecular flexibility index (Phi) is 7.55. The number of benzene rings is 3. The van der Waals surface area contributed by atoms with Crippen LogP contribution in [0.15, 0.2) is 59.5 Å². The number of ether oxygens (including phenoxy) is 4. The maximum Gasteiger partial charge on any atom is 0.264 e. The second kappa shape index (κ2) is 10.2. The summed E-state index contributed by atoms with van der Waals surface area (Å²) >= 11 is 5.87. The smallest absolute Gasteiger partial charge is 0.264 e. The van der Waals surface area contributed by atoms with E-state index in [9.17, 15) is 12.8 Å². The topological polar surface area (TPSA) is 74.3 Å². The molecule has 0 saturated carbocycles. The van der Waals surface area contributed by atoms with Crippen LogP contribution < -0.4 is 23.3 Å². The van der Waals surface area contributed by atoms with E-state index in [-0.39, 0.29) is 16.5 Å². The summed E-state index contributed by atoms with van der Waals surface area (Å²) in [7, 11) is 1.78. The van der Waals surface area contributed by atoms with Crippen molar-refractivity contribution in [2.45, 2.75) is 11.4 Å². The largest absolute Gasteiger partial charge is 0.493 e. The van der Waals surface area contributed by atoms with Gasteiger partial charge in [-0.05, 0) is 48.0 Å². The van der Waals surface area contributed by atoms with E-state index in [0.717, 1.165) is 12.1 Å². The molecule has 33 heavy (non-hydrogen) atoms. The second-order valence-electron chi connectivity index (χ2n) is 6.82. The highest BCUT2D eigenvalue weighted by molar-refractivity contribution is 7.92. The molecule has 0 aromatic heterocycles. The molecule has 0 bridgehead atoms. The van der Waals surface area contributed by atoms with Crippen molar-refractivity contribution in [1.29, 1.82) is 0 Å². The lowest BCUT2D eigenvalue weighted by molar-refractivity contribution is 0.354. The van der Waals surface area contributed by atoms with Crippen LogP contribution in [-0.4, -0.2) is 36.9 Å². The van der Waals surface area contributed by atoms with Crippen molar-refractivity contribution in [1.82, 2.24) is 0 Å². The van der Waals surface area contributed by atoms with Crippen LogP contribution in [-0.2, 0) is 16.6 Å². The molecule has 0 aliphatic heterocycles. The Labute approximate surface area is 197 Å². The van der Waals surface area contributed by atoms with Crippen molar-refractivity contribution in [3.05, 3.63) is 71.0 Å². The van der Waals surface area contributed by atoms with Gasteiger partial charge < -0.3 is 18.9 Å². The van der Waals surface area contributed by atoms with E-state index in [1.165, 1.54) is 38.8 Å². The third kappa shape index (κ3) is 5.09. The molecule has 3 rings (SSSR count). The summed E-state index contributed by atoms with van der Waals surface area (Å²) in [6.07, 6.45) is 0. The van der Waals surface area contributed by atoms with Gasteiger partial charge in [-0.25, -0.2) is 12.8 Å². The minimum atomic E-state index is -4.16. The summed E-state index contributed by atoms with van der Waals surface area (Å²) < 4.78 is 63.4. The standard InChI is InChI=1S/C23H23ClFNO6S/c1-29-20-9-5-15(11-22(20)31-3)14-26(16-6-10-21(30-2)23(12-16)32-4)33(27,28)17-7-8-19(25)18(24)13-17/h5-13H,14H2,1-4H3. The fraction of sp³-hybridized carbons (Fsp3) is 0.217. The monoisotopic (exact) mass is 495 g/mol. The van der Waals surface area contributed by atoms with Crippen molar-refractivity contribution in [3.63, 3.8) is 0 Å². The fourth-order valence-electron chi connectivity index (χ4n) is 3.20. The average Bonchev–Trinajstić information content (AvgIpc) is 2.83. The molecule has 0 atom stereocenters. The van der Waals surface area contributed by atoms with Gasteiger partial charge in [0.05, 0.1) is 50.6 Å². The zero-order chi connectivity index (χ0) is 24.2. The first-order valence-corrected chi connectivity index (χ1v) is 11.5. The van der Waals surface area contributed by atoms with Crippen LogP contribution in [0.2, 0.25) is 5.02 Å². The molecule has 0 N–H and O–H groups in total. The van der Waals surface area contributed by atoms with Crippen molar-refractivity contribution < 1.29 is 31.8 Å². The van der Waals surface area contributed by atoms with Gasteiger partial charge in [0, 0.05) is 6.07 Å². The first-order valence-electron chi connectivity index (χ1n) is 9.65. The molecule has 7 nitrogen and oxygen atoms in total. The Morgan fingerprint density at radius 1 is 0.788 bits per heavy atom. The molecule has 0 aliphatic rings. The summed E-state index contributed by atoms with van der Waals surface area (Å²) in [6, 6.07) is 13.1. The van der Waals surface area contributed by atoms with Crippen molar-refractivity contribution in [2.24, 2.45) is 0 Å². The van der Waals surface area contributed by atoms with E-state index in [0.29, 0.717) is 34.2 Å². The molecule has 0 heterocycles. The van der Waals surface area contributed by atoms with Gasteiger partial charge in [-0.1, -0.05) is 17.7 Å². The van der Waals surface area contributed by atoms with Gasteiger partial charge in [-0.3, -0.25) is 4.31 Å². The summed E-state index contributed by atoms with van der Waals surface area (Å²) in [5.74, 6) is 1.03. The number of sulfonamides is 1. The Balaban J connectivity index is 2.15. The summed E-state index contributed by atoms with van der Waals surface area (Å²) in [4.78, 5) is -0.163. The molecule has 0 unspecified atom stereocenters. The molecular formula is C23H23ClFNO6S. The van der Waals surface area contributed by atoms with Crippen LogP contribution in [0.5, 0.6) is 23.0 Å². The molecule has 0 amide bonds. The highest BCUT2D eigenvalue weighted by Crippen LogP contribution is 2.36. The Morgan fingerprint density at radius 2 is 1.36 bits per heavy atom. The second-order valence-corrected chi connectivity index (χ2v) is 9.09. The average molecular weight is 496 g/mol. The molecule has 0 spiro atoms. The van der Waals surface area contributed by atoms with Crippen LogP contribution in [0.3, 0.4) is 0 Å². The molecule has 176 valence electrons. The van der Waals surface area contributed by atoms with Crippen LogP contribution in [0.4, 0.5) is 10.1 Å². The first kappa shape index (κ1) is 24.5. The third-order valence-electron chi connectivity index (χ3n) is 4.91. The van der Waals surface area contributed by atoms with Crippen LogP contribution in [0.1, 0.15) is 5.56 Å².